The Morgan fingerprint density at radius 2 is 1.68 bits per heavy atom. The number of benzene rings is 3. The van der Waals surface area contributed by atoms with Crippen molar-refractivity contribution in [2.45, 2.75) is 109 Å². The fourth-order valence-corrected chi connectivity index (χ4v) is 9.39. The van der Waals surface area contributed by atoms with Crippen LogP contribution in [0.5, 0.6) is 5.75 Å². The first-order valence-electron chi connectivity index (χ1n) is 20.8. The molecule has 3 amide bonds. The van der Waals surface area contributed by atoms with E-state index in [1.54, 1.807) is 21.0 Å². The van der Waals surface area contributed by atoms with E-state index in [1.807, 2.05) is 29.0 Å². The monoisotopic (exact) mass is 819 g/mol. The number of nitrogens with one attached hydrogen (secondary N) is 3. The largest absolute Gasteiger partial charge is 0.488 e. The number of H-pyrrole nitrogens is 2. The summed E-state index contributed by atoms with van der Waals surface area (Å²) in [5.41, 5.74) is 6.58. The zero-order chi connectivity index (χ0) is 42.4. The molecular formula is C45H53N7O8. The number of alkyl carbamates (subject to hydrolysis) is 1. The number of carbonyl (C=O) groups is 4. The predicted octanol–water partition coefficient (Wildman–Crippen LogP) is 7.12. The number of aromatic amines is 2. The summed E-state index contributed by atoms with van der Waals surface area (Å²) in [5.74, 6) is 0.741. The number of methoxy groups -OCH3 is 3. The molecule has 5 heterocycles. The minimum absolute atomic E-state index is 0.0399. The zero-order valence-electron chi connectivity index (χ0n) is 35.2. The Bertz CT molecular complexity index is 2460. The number of fused-ring (bicyclic) bond motifs is 6. The summed E-state index contributed by atoms with van der Waals surface area (Å²) >= 11 is 0. The van der Waals surface area contributed by atoms with Gasteiger partial charge in [0.15, 0.2) is 0 Å². The van der Waals surface area contributed by atoms with Crippen molar-refractivity contribution in [2.24, 2.45) is 5.92 Å². The number of aromatic nitrogens is 4. The maximum atomic E-state index is 14.1. The van der Waals surface area contributed by atoms with Crippen molar-refractivity contribution >= 4 is 45.7 Å². The molecule has 15 heteroatoms. The van der Waals surface area contributed by atoms with Crippen LogP contribution in [0.1, 0.15) is 95.5 Å². The number of imidazole rings is 2. The van der Waals surface area contributed by atoms with Gasteiger partial charge in [-0.2, -0.15) is 0 Å². The number of nitrogens with zero attached hydrogens (tertiary/aromatic N) is 4. The van der Waals surface area contributed by atoms with Crippen LogP contribution in [0.3, 0.4) is 0 Å². The van der Waals surface area contributed by atoms with Gasteiger partial charge in [-0.1, -0.05) is 25.1 Å². The number of carbonyl (C=O) groups excluding carboxylic acids is 4. The quantitative estimate of drug-likeness (QED) is 0.116. The van der Waals surface area contributed by atoms with E-state index in [4.69, 9.17) is 28.9 Å². The number of hydrogen-bond donors (Lipinski definition) is 3. The van der Waals surface area contributed by atoms with E-state index in [2.05, 4.69) is 58.6 Å². The molecule has 2 saturated heterocycles. The molecule has 60 heavy (non-hydrogen) atoms. The van der Waals surface area contributed by atoms with Crippen molar-refractivity contribution in [3.8, 4) is 28.1 Å². The summed E-state index contributed by atoms with van der Waals surface area (Å²) in [7, 11) is 4.15. The first kappa shape index (κ1) is 40.8. The summed E-state index contributed by atoms with van der Waals surface area (Å²) in [4.78, 5) is 72.4. The van der Waals surface area contributed by atoms with Crippen LogP contribution < -0.4 is 10.1 Å². The van der Waals surface area contributed by atoms with E-state index in [1.165, 1.54) is 14.2 Å². The molecule has 3 aliphatic heterocycles. The van der Waals surface area contributed by atoms with Crippen LogP contribution in [0.2, 0.25) is 0 Å². The van der Waals surface area contributed by atoms with Gasteiger partial charge >= 0.3 is 12.1 Å². The van der Waals surface area contributed by atoms with Crippen molar-refractivity contribution in [1.29, 1.82) is 0 Å². The van der Waals surface area contributed by atoms with Gasteiger partial charge in [0.05, 0.1) is 67.7 Å². The van der Waals surface area contributed by atoms with Crippen LogP contribution in [0.15, 0.2) is 48.7 Å². The molecule has 0 unspecified atom stereocenters. The van der Waals surface area contributed by atoms with Crippen LogP contribution in [0, 0.1) is 5.92 Å². The molecular weight excluding hydrogens is 767 g/mol. The molecule has 3 N–H and O–H groups in total. The van der Waals surface area contributed by atoms with E-state index in [9.17, 15) is 19.2 Å². The highest BCUT2D eigenvalue weighted by atomic mass is 16.5. The van der Waals surface area contributed by atoms with Gasteiger partial charge < -0.3 is 44.0 Å². The standard InChI is InChI=1S/C45H53N7O8/c1-8-29-12-16-36(52(29)43(54)24(3)47-45(56)59-7)41-46-21-35(49-41)27-10-13-30-28(17-27)22-60-38-19-32-26(18-33(30)38)11-14-34-40(32)50-42(48-34)37-15-9-23(2)51(37)44(55)31(25(4)57-5)20-39(53)58-6/h10-11,13-14,17-19,21,23-25,29,31,36-37H,8-9,12,15-16,20,22H2,1-7H3,(H,46,49)(H,47,56)(H,48,50)/t23-,24-,25+,29-,31-,36-,37-/m0/s1. The summed E-state index contributed by atoms with van der Waals surface area (Å²) < 4.78 is 21.6. The molecule has 8 rings (SSSR count). The van der Waals surface area contributed by atoms with Gasteiger partial charge in [-0.25, -0.2) is 14.8 Å². The maximum Gasteiger partial charge on any atom is 0.407 e. The van der Waals surface area contributed by atoms with Gasteiger partial charge in [0, 0.05) is 30.1 Å². The van der Waals surface area contributed by atoms with E-state index in [0.29, 0.717) is 18.3 Å². The predicted molar refractivity (Wildman–Crippen MR) is 224 cm³/mol. The number of esters is 1. The SMILES string of the molecule is CC[C@H]1CC[C@@H](c2ncc(-c3ccc4c(c3)COc3cc5c(ccc6nc([C@@H]7CC[C@H](C)N7C(=O)[C@@H](CC(=O)OC)[C@@H](C)OC)[nH]c65)cc3-4)[nH]2)N1C(=O)[C@H](C)NC(=O)OC. The van der Waals surface area contributed by atoms with Crippen LogP contribution in [-0.2, 0) is 35.2 Å². The Morgan fingerprint density at radius 3 is 2.43 bits per heavy atom. The van der Waals surface area contributed by atoms with Crippen LogP contribution >= 0.6 is 0 Å². The number of ether oxygens (including phenoxy) is 4. The third-order valence-corrected chi connectivity index (χ3v) is 12.8. The first-order chi connectivity index (χ1) is 28.9. The summed E-state index contributed by atoms with van der Waals surface area (Å²) in [6, 6.07) is 13.4. The molecule has 0 bridgehead atoms. The molecule has 2 fully saturated rings. The Kier molecular flexibility index (Phi) is 11.3. The molecule has 0 aliphatic carbocycles. The lowest BCUT2D eigenvalue weighted by molar-refractivity contribution is -0.152. The summed E-state index contributed by atoms with van der Waals surface area (Å²) in [6.45, 7) is 7.95. The van der Waals surface area contributed by atoms with E-state index < -0.39 is 30.1 Å². The Balaban J connectivity index is 1.05. The van der Waals surface area contributed by atoms with Gasteiger partial charge in [0.25, 0.3) is 0 Å². The second kappa shape index (κ2) is 16.6. The Hall–Kier alpha value is -5.96. The average molecular weight is 820 g/mol. The van der Waals surface area contributed by atoms with Gasteiger partial charge in [-0.05, 0) is 99.2 Å². The number of amides is 3. The molecule has 3 aromatic carbocycles. The second-order valence-corrected chi connectivity index (χ2v) is 16.3. The van der Waals surface area contributed by atoms with E-state index in [-0.39, 0.29) is 42.4 Å². The molecule has 7 atom stereocenters. The van der Waals surface area contributed by atoms with Crippen molar-refractivity contribution in [2.75, 3.05) is 21.3 Å². The summed E-state index contributed by atoms with van der Waals surface area (Å²) in [6.07, 6.45) is 4.59. The highest BCUT2D eigenvalue weighted by molar-refractivity contribution is 6.07. The molecule has 15 nitrogen and oxygen atoms in total. The third-order valence-electron chi connectivity index (χ3n) is 12.8. The van der Waals surface area contributed by atoms with Crippen LogP contribution in [-0.4, -0.2) is 99.2 Å². The Morgan fingerprint density at radius 1 is 0.900 bits per heavy atom. The van der Waals surface area contributed by atoms with Crippen molar-refractivity contribution < 1.29 is 38.1 Å². The molecule has 0 radical (unpaired) electrons. The van der Waals surface area contributed by atoms with Crippen molar-refractivity contribution in [1.82, 2.24) is 35.1 Å². The zero-order valence-corrected chi connectivity index (χ0v) is 35.2. The van der Waals surface area contributed by atoms with Crippen molar-refractivity contribution in [3.05, 3.63) is 65.9 Å². The first-order valence-corrected chi connectivity index (χ1v) is 20.8. The van der Waals surface area contributed by atoms with Crippen molar-refractivity contribution in [3.63, 3.8) is 0 Å². The molecule has 316 valence electrons. The summed E-state index contributed by atoms with van der Waals surface area (Å²) in [5, 5.41) is 4.60. The normalized spacial score (nSPS) is 21.2. The second-order valence-electron chi connectivity index (χ2n) is 16.3. The number of hydrogen-bond acceptors (Lipinski definition) is 10. The lowest BCUT2D eigenvalue weighted by Crippen LogP contribution is -2.49. The highest BCUT2D eigenvalue weighted by Gasteiger charge is 2.43. The fourth-order valence-electron chi connectivity index (χ4n) is 9.39. The lowest BCUT2D eigenvalue weighted by Gasteiger charge is -2.32. The van der Waals surface area contributed by atoms with Crippen LogP contribution in [0.25, 0.3) is 44.2 Å². The number of rotatable bonds is 11. The smallest absolute Gasteiger partial charge is 0.407 e. The van der Waals surface area contributed by atoms with Gasteiger partial charge in [0.2, 0.25) is 11.8 Å². The maximum absolute atomic E-state index is 14.1. The third kappa shape index (κ3) is 7.33. The molecule has 0 saturated carbocycles. The van der Waals surface area contributed by atoms with Gasteiger partial charge in [-0.15, -0.1) is 0 Å². The van der Waals surface area contributed by atoms with Crippen LogP contribution in [0.4, 0.5) is 4.79 Å². The van der Waals surface area contributed by atoms with E-state index >= 15 is 0 Å². The molecule has 5 aromatic rings. The lowest BCUT2D eigenvalue weighted by atomic mass is 9.92. The number of likely N-dealkylation sites (tertiary alicyclic amines) is 2. The average Bonchev–Trinajstić information content (AvgIpc) is 4.09. The molecule has 2 aromatic heterocycles. The topological polar surface area (TPSA) is 181 Å². The fraction of sp³-hybridized carbons (Fsp3) is 0.467. The molecule has 0 spiro atoms. The minimum atomic E-state index is -0.737. The van der Waals surface area contributed by atoms with Gasteiger partial charge in [-0.3, -0.25) is 14.4 Å². The highest BCUT2D eigenvalue weighted by Crippen LogP contribution is 2.44. The Labute approximate surface area is 348 Å². The van der Waals surface area contributed by atoms with E-state index in [0.717, 1.165) is 87.6 Å². The molecule has 3 aliphatic rings. The van der Waals surface area contributed by atoms with Gasteiger partial charge in [0.1, 0.15) is 30.0 Å². The minimum Gasteiger partial charge on any atom is -0.488 e.